The molecule has 3 rings (SSSR count). The van der Waals surface area contributed by atoms with Gasteiger partial charge in [0.15, 0.2) is 6.79 Å². The fourth-order valence-corrected chi connectivity index (χ4v) is 2.95. The van der Waals surface area contributed by atoms with E-state index in [1.165, 1.54) is 26.4 Å². The van der Waals surface area contributed by atoms with Crippen molar-refractivity contribution in [3.05, 3.63) is 83.4 Å². The Morgan fingerprint density at radius 2 is 1.77 bits per heavy atom. The molecule has 0 saturated carbocycles. The fraction of sp³-hybridized carbons (Fsp3) is 0.167. The van der Waals surface area contributed by atoms with Gasteiger partial charge in [-0.2, -0.15) is 0 Å². The Bertz CT molecular complexity index is 1070. The third-order valence-electron chi connectivity index (χ3n) is 4.48. The summed E-state index contributed by atoms with van der Waals surface area (Å²) < 4.78 is 15.0. The second-order valence-electron chi connectivity index (χ2n) is 6.52. The molecule has 6 heteroatoms. The van der Waals surface area contributed by atoms with Gasteiger partial charge in [-0.1, -0.05) is 42.5 Å². The van der Waals surface area contributed by atoms with Crippen LogP contribution >= 0.6 is 0 Å². The first kappa shape index (κ1) is 21.1. The number of fused-ring (bicyclic) bond motifs is 1. The highest BCUT2D eigenvalue weighted by molar-refractivity contribution is 5.99. The summed E-state index contributed by atoms with van der Waals surface area (Å²) >= 11 is 0. The summed E-state index contributed by atoms with van der Waals surface area (Å²) in [6.45, 7) is 0.433. The predicted octanol–water partition coefficient (Wildman–Crippen LogP) is 3.94. The molecular formula is C24H23NO5. The molecule has 154 valence electrons. The Labute approximate surface area is 175 Å². The van der Waals surface area contributed by atoms with Crippen LogP contribution in [-0.2, 0) is 20.8 Å². The normalized spacial score (nSPS) is 10.9. The summed E-state index contributed by atoms with van der Waals surface area (Å²) in [5, 5.41) is 5.19. The number of methoxy groups -OCH3 is 2. The monoisotopic (exact) mass is 405 g/mol. The highest BCUT2D eigenvalue weighted by Gasteiger charge is 2.12. The van der Waals surface area contributed by atoms with E-state index in [1.54, 1.807) is 18.2 Å². The van der Waals surface area contributed by atoms with Gasteiger partial charge in [0.25, 0.3) is 5.91 Å². The number of hydrogen-bond acceptors (Lipinski definition) is 5. The van der Waals surface area contributed by atoms with Crippen molar-refractivity contribution in [2.45, 2.75) is 6.54 Å². The summed E-state index contributed by atoms with van der Waals surface area (Å²) in [5.74, 6) is -0.296. The molecule has 6 nitrogen and oxygen atoms in total. The highest BCUT2D eigenvalue weighted by Crippen LogP contribution is 2.20. The van der Waals surface area contributed by atoms with Gasteiger partial charge in [-0.3, -0.25) is 4.79 Å². The van der Waals surface area contributed by atoms with Crippen molar-refractivity contribution in [1.82, 2.24) is 5.32 Å². The average Bonchev–Trinajstić information content (AvgIpc) is 2.79. The van der Waals surface area contributed by atoms with Crippen molar-refractivity contribution in [1.29, 1.82) is 0 Å². The molecule has 0 saturated heterocycles. The smallest absolute Gasteiger partial charge is 0.330 e. The number of amides is 1. The molecule has 0 heterocycles. The Kier molecular flexibility index (Phi) is 7.19. The van der Waals surface area contributed by atoms with Crippen LogP contribution in [0.15, 0.2) is 66.7 Å². The van der Waals surface area contributed by atoms with E-state index in [0.717, 1.165) is 16.3 Å². The van der Waals surface area contributed by atoms with Gasteiger partial charge in [-0.05, 0) is 46.2 Å². The second-order valence-corrected chi connectivity index (χ2v) is 6.52. The minimum absolute atomic E-state index is 0.0650. The molecule has 0 aliphatic carbocycles. The third kappa shape index (κ3) is 5.46. The summed E-state index contributed by atoms with van der Waals surface area (Å²) in [6.07, 6.45) is 2.81. The number of carbonyl (C=O) groups excluding carboxylic acids is 2. The predicted molar refractivity (Wildman–Crippen MR) is 115 cm³/mol. The number of ether oxygens (including phenoxy) is 3. The maximum Gasteiger partial charge on any atom is 0.330 e. The third-order valence-corrected chi connectivity index (χ3v) is 4.48. The van der Waals surface area contributed by atoms with Crippen molar-refractivity contribution >= 4 is 28.7 Å². The lowest BCUT2D eigenvalue weighted by Gasteiger charge is -2.11. The van der Waals surface area contributed by atoms with Crippen molar-refractivity contribution in [2.24, 2.45) is 0 Å². The van der Waals surface area contributed by atoms with Crippen LogP contribution in [0, 0.1) is 0 Å². The van der Waals surface area contributed by atoms with Gasteiger partial charge in [0.2, 0.25) is 0 Å². The van der Waals surface area contributed by atoms with E-state index in [9.17, 15) is 9.59 Å². The van der Waals surface area contributed by atoms with Crippen molar-refractivity contribution in [2.75, 3.05) is 21.0 Å². The van der Waals surface area contributed by atoms with Crippen molar-refractivity contribution < 1.29 is 23.8 Å². The molecule has 1 amide bonds. The summed E-state index contributed by atoms with van der Waals surface area (Å²) in [6, 6.07) is 19.1. The van der Waals surface area contributed by atoms with Crippen LogP contribution in [0.1, 0.15) is 21.5 Å². The van der Waals surface area contributed by atoms with Gasteiger partial charge in [-0.25, -0.2) is 4.79 Å². The lowest BCUT2D eigenvalue weighted by atomic mass is 10.0. The van der Waals surface area contributed by atoms with Crippen LogP contribution in [0.2, 0.25) is 0 Å². The van der Waals surface area contributed by atoms with Crippen LogP contribution in [0.3, 0.4) is 0 Å². The molecule has 0 atom stereocenters. The zero-order valence-corrected chi connectivity index (χ0v) is 16.9. The number of benzene rings is 3. The van der Waals surface area contributed by atoms with E-state index in [4.69, 9.17) is 9.47 Å². The molecule has 1 N–H and O–H groups in total. The molecule has 0 bridgehead atoms. The topological polar surface area (TPSA) is 73.9 Å². The summed E-state index contributed by atoms with van der Waals surface area (Å²) in [7, 11) is 2.82. The lowest BCUT2D eigenvalue weighted by molar-refractivity contribution is -0.134. The zero-order valence-electron chi connectivity index (χ0n) is 16.9. The molecule has 0 aliphatic rings. The Hall–Kier alpha value is -3.64. The van der Waals surface area contributed by atoms with Gasteiger partial charge in [0.05, 0.1) is 12.7 Å². The van der Waals surface area contributed by atoms with Gasteiger partial charge in [0, 0.05) is 19.7 Å². The first-order valence-electron chi connectivity index (χ1n) is 9.38. The number of esters is 1. The van der Waals surface area contributed by atoms with E-state index in [1.807, 2.05) is 42.5 Å². The standard InChI is InChI=1S/C24H23NO5/c1-28-16-30-21-11-9-19(10-12-23(26)29-2)22(14-21)24(27)25-15-17-7-8-18-5-3-4-6-20(18)13-17/h3-14H,15-16H2,1-2H3,(H,25,27)/b12-10+. The second kappa shape index (κ2) is 10.2. The van der Waals surface area contributed by atoms with E-state index >= 15 is 0 Å². The Balaban J connectivity index is 1.80. The molecule has 0 radical (unpaired) electrons. The molecule has 0 aromatic heterocycles. The van der Waals surface area contributed by atoms with Crippen LogP contribution in [0.25, 0.3) is 16.8 Å². The fourth-order valence-electron chi connectivity index (χ4n) is 2.95. The van der Waals surface area contributed by atoms with E-state index in [2.05, 4.69) is 10.1 Å². The maximum absolute atomic E-state index is 12.9. The SMILES string of the molecule is COCOc1ccc(/C=C/C(=O)OC)c(C(=O)NCc2ccc3ccccc3c2)c1. The minimum Gasteiger partial charge on any atom is -0.468 e. The lowest BCUT2D eigenvalue weighted by Crippen LogP contribution is -2.23. The molecule has 3 aromatic carbocycles. The van der Waals surface area contributed by atoms with Gasteiger partial charge >= 0.3 is 5.97 Å². The quantitative estimate of drug-likeness (QED) is 0.349. The van der Waals surface area contributed by atoms with Crippen LogP contribution in [0.5, 0.6) is 5.75 Å². The van der Waals surface area contributed by atoms with E-state index < -0.39 is 5.97 Å². The molecule has 0 fully saturated rings. The van der Waals surface area contributed by atoms with Gasteiger partial charge in [-0.15, -0.1) is 0 Å². The molecule has 0 aliphatic heterocycles. The molecular weight excluding hydrogens is 382 g/mol. The van der Waals surface area contributed by atoms with E-state index in [-0.39, 0.29) is 12.7 Å². The molecule has 0 unspecified atom stereocenters. The largest absolute Gasteiger partial charge is 0.468 e. The van der Waals surface area contributed by atoms with Crippen molar-refractivity contribution in [3.8, 4) is 5.75 Å². The average molecular weight is 405 g/mol. The number of carbonyl (C=O) groups is 2. The van der Waals surface area contributed by atoms with Crippen molar-refractivity contribution in [3.63, 3.8) is 0 Å². The first-order chi connectivity index (χ1) is 14.6. The van der Waals surface area contributed by atoms with Crippen LogP contribution < -0.4 is 10.1 Å². The van der Waals surface area contributed by atoms with Gasteiger partial charge in [0.1, 0.15) is 5.75 Å². The van der Waals surface area contributed by atoms with Crippen LogP contribution in [0.4, 0.5) is 0 Å². The van der Waals surface area contributed by atoms with E-state index in [0.29, 0.717) is 23.4 Å². The first-order valence-corrected chi connectivity index (χ1v) is 9.38. The number of hydrogen-bond donors (Lipinski definition) is 1. The molecule has 3 aromatic rings. The molecule has 30 heavy (non-hydrogen) atoms. The number of nitrogens with one attached hydrogen (secondary N) is 1. The maximum atomic E-state index is 12.9. The zero-order chi connectivity index (χ0) is 21.3. The number of rotatable bonds is 8. The Morgan fingerprint density at radius 1 is 0.967 bits per heavy atom. The highest BCUT2D eigenvalue weighted by atomic mass is 16.7. The summed E-state index contributed by atoms with van der Waals surface area (Å²) in [5.41, 5.74) is 1.94. The van der Waals surface area contributed by atoms with Crippen LogP contribution in [-0.4, -0.2) is 32.9 Å². The molecule has 0 spiro atoms. The summed E-state index contributed by atoms with van der Waals surface area (Å²) in [4.78, 5) is 24.3. The minimum atomic E-state index is -0.503. The Morgan fingerprint density at radius 3 is 2.53 bits per heavy atom. The van der Waals surface area contributed by atoms with Gasteiger partial charge < -0.3 is 19.5 Å².